The highest BCUT2D eigenvalue weighted by atomic mass is 32.2. The molecule has 0 unspecified atom stereocenters. The number of benzene rings is 1. The van der Waals surface area contributed by atoms with Gasteiger partial charge < -0.3 is 10.2 Å². The van der Waals surface area contributed by atoms with Crippen molar-refractivity contribution < 1.29 is 0 Å². The van der Waals surface area contributed by atoms with Crippen LogP contribution in [0.4, 0.5) is 0 Å². The van der Waals surface area contributed by atoms with Crippen LogP contribution in [0.15, 0.2) is 29.2 Å². The normalized spacial score (nSPS) is 17.6. The molecule has 0 aliphatic carbocycles. The average Bonchev–Trinajstić information content (AvgIpc) is 2.68. The quantitative estimate of drug-likeness (QED) is 0.823. The smallest absolute Gasteiger partial charge is 0.0107 e. The summed E-state index contributed by atoms with van der Waals surface area (Å²) in [7, 11) is 0. The summed E-state index contributed by atoms with van der Waals surface area (Å²) in [5.74, 6) is 0. The van der Waals surface area contributed by atoms with Gasteiger partial charge in [-0.3, -0.25) is 0 Å². The second kappa shape index (κ2) is 7.82. The molecule has 1 aromatic rings. The lowest BCUT2D eigenvalue weighted by atomic mass is 10.1. The van der Waals surface area contributed by atoms with E-state index in [1.54, 1.807) is 0 Å². The van der Waals surface area contributed by atoms with E-state index in [1.165, 1.54) is 55.9 Å². The van der Waals surface area contributed by atoms with Crippen molar-refractivity contribution in [2.45, 2.75) is 24.2 Å². The zero-order chi connectivity index (χ0) is 12.6. The van der Waals surface area contributed by atoms with E-state index in [9.17, 15) is 0 Å². The SMILES string of the molecule is CSc1ccc(CCCN2CCCNCC2)cc1. The molecule has 0 radical (unpaired) electrons. The third kappa shape index (κ3) is 4.63. The zero-order valence-corrected chi connectivity index (χ0v) is 12.1. The molecule has 1 fully saturated rings. The molecule has 1 saturated heterocycles. The van der Waals surface area contributed by atoms with E-state index < -0.39 is 0 Å². The van der Waals surface area contributed by atoms with Crippen LogP contribution in [0.1, 0.15) is 18.4 Å². The lowest BCUT2D eigenvalue weighted by Crippen LogP contribution is -2.29. The Morgan fingerprint density at radius 3 is 2.78 bits per heavy atom. The summed E-state index contributed by atoms with van der Waals surface area (Å²) in [6, 6.07) is 9.01. The molecule has 0 bridgehead atoms. The topological polar surface area (TPSA) is 15.3 Å². The molecule has 2 nitrogen and oxygen atoms in total. The summed E-state index contributed by atoms with van der Waals surface area (Å²) in [6.07, 6.45) is 5.90. The van der Waals surface area contributed by atoms with Gasteiger partial charge in [-0.2, -0.15) is 0 Å². The maximum Gasteiger partial charge on any atom is 0.0107 e. The van der Waals surface area contributed by atoms with Crippen molar-refractivity contribution in [3.8, 4) is 0 Å². The minimum Gasteiger partial charge on any atom is -0.315 e. The van der Waals surface area contributed by atoms with Gasteiger partial charge >= 0.3 is 0 Å². The third-order valence-corrected chi connectivity index (χ3v) is 4.28. The van der Waals surface area contributed by atoms with Gasteiger partial charge in [-0.15, -0.1) is 11.8 Å². The van der Waals surface area contributed by atoms with Crippen molar-refractivity contribution >= 4 is 11.8 Å². The fourth-order valence-electron chi connectivity index (χ4n) is 2.42. The highest BCUT2D eigenvalue weighted by Crippen LogP contribution is 2.15. The Bertz CT molecular complexity index is 329. The minimum atomic E-state index is 1.16. The summed E-state index contributed by atoms with van der Waals surface area (Å²) in [5, 5.41) is 3.45. The van der Waals surface area contributed by atoms with Gasteiger partial charge in [0.15, 0.2) is 0 Å². The predicted octanol–water partition coefficient (Wildman–Crippen LogP) is 2.64. The number of hydrogen-bond acceptors (Lipinski definition) is 3. The highest BCUT2D eigenvalue weighted by molar-refractivity contribution is 7.98. The Morgan fingerprint density at radius 2 is 2.00 bits per heavy atom. The van der Waals surface area contributed by atoms with Crippen molar-refractivity contribution in [3.05, 3.63) is 29.8 Å². The Kier molecular flexibility index (Phi) is 6.05. The highest BCUT2D eigenvalue weighted by Gasteiger charge is 2.07. The number of nitrogens with zero attached hydrogens (tertiary/aromatic N) is 1. The van der Waals surface area contributed by atoms with Gasteiger partial charge in [0.1, 0.15) is 0 Å². The van der Waals surface area contributed by atoms with E-state index in [4.69, 9.17) is 0 Å². The number of hydrogen-bond donors (Lipinski definition) is 1. The standard InChI is InChI=1S/C15H24N2S/c1-18-15-7-5-14(6-8-15)4-2-11-17-12-3-9-16-10-13-17/h5-8,16H,2-4,9-13H2,1H3. The molecule has 1 heterocycles. The molecular formula is C15H24N2S. The summed E-state index contributed by atoms with van der Waals surface area (Å²) in [5.41, 5.74) is 1.47. The van der Waals surface area contributed by atoms with Gasteiger partial charge in [-0.1, -0.05) is 12.1 Å². The van der Waals surface area contributed by atoms with Crippen LogP contribution in [0.25, 0.3) is 0 Å². The molecule has 0 aromatic heterocycles. The molecule has 1 aliphatic rings. The van der Waals surface area contributed by atoms with Gasteiger partial charge in [0.25, 0.3) is 0 Å². The van der Waals surface area contributed by atoms with Crippen molar-refractivity contribution in [2.24, 2.45) is 0 Å². The van der Waals surface area contributed by atoms with E-state index in [1.807, 2.05) is 11.8 Å². The van der Waals surface area contributed by atoms with Crippen molar-refractivity contribution in [1.29, 1.82) is 0 Å². The van der Waals surface area contributed by atoms with Crippen LogP contribution in [-0.4, -0.2) is 43.9 Å². The van der Waals surface area contributed by atoms with Crippen molar-refractivity contribution in [3.63, 3.8) is 0 Å². The Labute approximate surface area is 115 Å². The predicted molar refractivity (Wildman–Crippen MR) is 80.5 cm³/mol. The van der Waals surface area contributed by atoms with Crippen LogP contribution in [0, 0.1) is 0 Å². The molecular weight excluding hydrogens is 240 g/mol. The molecule has 3 heteroatoms. The van der Waals surface area contributed by atoms with Gasteiger partial charge in [0.05, 0.1) is 0 Å². The van der Waals surface area contributed by atoms with E-state index >= 15 is 0 Å². The van der Waals surface area contributed by atoms with Crippen LogP contribution < -0.4 is 5.32 Å². The molecule has 1 N–H and O–H groups in total. The third-order valence-electron chi connectivity index (χ3n) is 3.53. The molecule has 18 heavy (non-hydrogen) atoms. The summed E-state index contributed by atoms with van der Waals surface area (Å²) in [6.45, 7) is 6.06. The Morgan fingerprint density at radius 1 is 1.17 bits per heavy atom. The Balaban J connectivity index is 1.70. The lowest BCUT2D eigenvalue weighted by molar-refractivity contribution is 0.289. The molecule has 0 atom stereocenters. The first kappa shape index (κ1) is 13.9. The second-order valence-corrected chi connectivity index (χ2v) is 5.78. The van der Waals surface area contributed by atoms with Gasteiger partial charge in [-0.05, 0) is 62.8 Å². The molecule has 2 rings (SSSR count). The van der Waals surface area contributed by atoms with E-state index in [-0.39, 0.29) is 0 Å². The fraction of sp³-hybridized carbons (Fsp3) is 0.600. The lowest BCUT2D eigenvalue weighted by Gasteiger charge is -2.19. The molecule has 1 aliphatic heterocycles. The first-order valence-corrected chi connectivity index (χ1v) is 8.17. The first-order valence-electron chi connectivity index (χ1n) is 6.94. The van der Waals surface area contributed by atoms with Crippen LogP contribution in [0.3, 0.4) is 0 Å². The summed E-state index contributed by atoms with van der Waals surface area (Å²) in [4.78, 5) is 3.95. The van der Waals surface area contributed by atoms with Crippen LogP contribution in [0.5, 0.6) is 0 Å². The summed E-state index contributed by atoms with van der Waals surface area (Å²) >= 11 is 1.81. The number of rotatable bonds is 5. The molecule has 0 amide bonds. The maximum atomic E-state index is 3.45. The molecule has 0 spiro atoms. The van der Waals surface area contributed by atoms with Crippen molar-refractivity contribution in [1.82, 2.24) is 10.2 Å². The largest absolute Gasteiger partial charge is 0.315 e. The van der Waals surface area contributed by atoms with E-state index in [2.05, 4.69) is 40.7 Å². The van der Waals surface area contributed by atoms with Crippen LogP contribution >= 0.6 is 11.8 Å². The average molecular weight is 264 g/mol. The number of aryl methyl sites for hydroxylation is 1. The fourth-order valence-corrected chi connectivity index (χ4v) is 2.83. The van der Waals surface area contributed by atoms with Crippen LogP contribution in [-0.2, 0) is 6.42 Å². The van der Waals surface area contributed by atoms with Crippen molar-refractivity contribution in [2.75, 3.05) is 39.0 Å². The Hall–Kier alpha value is -0.510. The van der Waals surface area contributed by atoms with Gasteiger partial charge in [-0.25, -0.2) is 0 Å². The van der Waals surface area contributed by atoms with E-state index in [0.717, 1.165) is 6.54 Å². The summed E-state index contributed by atoms with van der Waals surface area (Å²) < 4.78 is 0. The second-order valence-electron chi connectivity index (χ2n) is 4.90. The van der Waals surface area contributed by atoms with Crippen LogP contribution in [0.2, 0.25) is 0 Å². The van der Waals surface area contributed by atoms with Gasteiger partial charge in [0, 0.05) is 18.0 Å². The molecule has 1 aromatic carbocycles. The number of nitrogens with one attached hydrogen (secondary N) is 1. The zero-order valence-electron chi connectivity index (χ0n) is 11.3. The monoisotopic (exact) mass is 264 g/mol. The van der Waals surface area contributed by atoms with E-state index in [0.29, 0.717) is 0 Å². The van der Waals surface area contributed by atoms with Gasteiger partial charge in [0.2, 0.25) is 0 Å². The maximum absolute atomic E-state index is 3.45. The number of thioether (sulfide) groups is 1. The molecule has 100 valence electrons. The molecule has 0 saturated carbocycles. The first-order chi connectivity index (χ1) is 8.88. The minimum absolute atomic E-state index is 1.16.